The van der Waals surface area contributed by atoms with Crippen LogP contribution in [0.2, 0.25) is 5.02 Å². The standard InChI is InChI=1S/C28H21ClN2O5/c1-17-15-23(30-36-17)31-25(19-9-13-22(14-10-19)35-16-18-5-3-2-4-6-18)24(27(33)28(31)34)26(32)20-7-11-21(29)12-8-20/h2-15,25,32H,16H2,1H3/b26-24-. The second kappa shape index (κ2) is 9.71. The molecular weight excluding hydrogens is 480 g/mol. The Bertz CT molecular complexity index is 1440. The van der Waals surface area contributed by atoms with Crippen LogP contribution in [0, 0.1) is 6.92 Å². The Balaban J connectivity index is 1.54. The molecule has 1 atom stereocenters. The fraction of sp³-hybridized carbons (Fsp3) is 0.107. The van der Waals surface area contributed by atoms with Crippen molar-refractivity contribution < 1.29 is 24.0 Å². The van der Waals surface area contributed by atoms with Gasteiger partial charge in [0.15, 0.2) is 5.82 Å². The molecule has 2 heterocycles. The van der Waals surface area contributed by atoms with E-state index in [1.165, 1.54) is 4.90 Å². The molecular formula is C28H21ClN2O5. The van der Waals surface area contributed by atoms with E-state index in [4.69, 9.17) is 20.9 Å². The van der Waals surface area contributed by atoms with Gasteiger partial charge in [0.1, 0.15) is 23.9 Å². The Hall–Kier alpha value is -4.36. The summed E-state index contributed by atoms with van der Waals surface area (Å²) in [5.74, 6) is -0.658. The minimum atomic E-state index is -0.923. The van der Waals surface area contributed by atoms with Crippen LogP contribution in [0.1, 0.15) is 28.5 Å². The quantitative estimate of drug-likeness (QED) is 0.203. The van der Waals surface area contributed by atoms with E-state index in [2.05, 4.69) is 5.16 Å². The average molecular weight is 501 g/mol. The Labute approximate surface area is 212 Å². The van der Waals surface area contributed by atoms with Crippen molar-refractivity contribution in [2.24, 2.45) is 0 Å². The zero-order valence-corrected chi connectivity index (χ0v) is 20.0. The van der Waals surface area contributed by atoms with Gasteiger partial charge in [-0.05, 0) is 54.4 Å². The lowest BCUT2D eigenvalue weighted by molar-refractivity contribution is -0.132. The third kappa shape index (κ3) is 4.48. The first-order chi connectivity index (χ1) is 17.4. The molecule has 1 fully saturated rings. The number of benzene rings is 3. The van der Waals surface area contributed by atoms with Crippen LogP contribution in [-0.4, -0.2) is 22.0 Å². The number of aliphatic hydroxyl groups excluding tert-OH is 1. The fourth-order valence-corrected chi connectivity index (χ4v) is 4.23. The van der Waals surface area contributed by atoms with E-state index in [0.717, 1.165) is 5.56 Å². The highest BCUT2D eigenvalue weighted by molar-refractivity contribution is 6.51. The summed E-state index contributed by atoms with van der Waals surface area (Å²) in [6, 6.07) is 23.8. The van der Waals surface area contributed by atoms with Crippen LogP contribution in [0.3, 0.4) is 0 Å². The molecule has 5 rings (SSSR count). The number of ketones is 1. The maximum atomic E-state index is 13.2. The van der Waals surface area contributed by atoms with Crippen LogP contribution in [0.5, 0.6) is 5.75 Å². The Morgan fingerprint density at radius 1 is 1.03 bits per heavy atom. The van der Waals surface area contributed by atoms with Crippen LogP contribution in [0.4, 0.5) is 5.82 Å². The number of carbonyl (C=O) groups excluding carboxylic acids is 2. The number of rotatable bonds is 6. The van der Waals surface area contributed by atoms with Gasteiger partial charge in [-0.1, -0.05) is 59.2 Å². The predicted octanol–water partition coefficient (Wildman–Crippen LogP) is 5.84. The first kappa shape index (κ1) is 23.4. The monoisotopic (exact) mass is 500 g/mol. The van der Waals surface area contributed by atoms with Gasteiger partial charge in [-0.3, -0.25) is 14.5 Å². The number of hydrogen-bond acceptors (Lipinski definition) is 6. The highest BCUT2D eigenvalue weighted by Gasteiger charge is 2.48. The summed E-state index contributed by atoms with van der Waals surface area (Å²) in [5.41, 5.74) is 1.93. The number of Topliss-reactive ketones (excluding diaryl/α,β-unsaturated/α-hetero) is 1. The lowest BCUT2D eigenvalue weighted by atomic mass is 9.95. The van der Waals surface area contributed by atoms with Crippen molar-refractivity contribution in [2.75, 3.05) is 4.90 Å². The van der Waals surface area contributed by atoms with E-state index in [0.29, 0.717) is 34.3 Å². The molecule has 0 bridgehead atoms. The SMILES string of the molecule is Cc1cc(N2C(=O)C(=O)/C(=C(\O)c3ccc(Cl)cc3)C2c2ccc(OCc3ccccc3)cc2)no1. The summed E-state index contributed by atoms with van der Waals surface area (Å²) in [6.45, 7) is 2.09. The number of aromatic nitrogens is 1. The summed E-state index contributed by atoms with van der Waals surface area (Å²) in [6.07, 6.45) is 0. The van der Waals surface area contributed by atoms with Crippen LogP contribution < -0.4 is 9.64 Å². The second-order valence-corrected chi connectivity index (χ2v) is 8.75. The van der Waals surface area contributed by atoms with Gasteiger partial charge in [0.25, 0.3) is 5.78 Å². The lowest BCUT2D eigenvalue weighted by Gasteiger charge is -2.23. The molecule has 3 aromatic carbocycles. The Morgan fingerprint density at radius 2 is 1.72 bits per heavy atom. The van der Waals surface area contributed by atoms with Crippen LogP contribution in [0.15, 0.2) is 95.0 Å². The molecule has 180 valence electrons. The third-order valence-corrected chi connectivity index (χ3v) is 6.12. The molecule has 0 aliphatic carbocycles. The molecule has 1 unspecified atom stereocenters. The highest BCUT2D eigenvalue weighted by Crippen LogP contribution is 2.42. The molecule has 1 aromatic heterocycles. The first-order valence-corrected chi connectivity index (χ1v) is 11.6. The highest BCUT2D eigenvalue weighted by atomic mass is 35.5. The zero-order valence-electron chi connectivity index (χ0n) is 19.2. The Morgan fingerprint density at radius 3 is 2.36 bits per heavy atom. The third-order valence-electron chi connectivity index (χ3n) is 5.87. The molecule has 1 aliphatic rings. The van der Waals surface area contributed by atoms with Gasteiger partial charge >= 0.3 is 5.91 Å². The molecule has 4 aromatic rings. The number of amides is 1. The topological polar surface area (TPSA) is 92.9 Å². The first-order valence-electron chi connectivity index (χ1n) is 11.2. The number of aryl methyl sites for hydroxylation is 1. The van der Waals surface area contributed by atoms with Crippen molar-refractivity contribution in [3.8, 4) is 5.75 Å². The molecule has 8 heteroatoms. The van der Waals surface area contributed by atoms with Gasteiger partial charge in [0.05, 0.1) is 11.6 Å². The van der Waals surface area contributed by atoms with E-state index >= 15 is 0 Å². The number of hydrogen-bond donors (Lipinski definition) is 1. The van der Waals surface area contributed by atoms with E-state index in [1.807, 2.05) is 30.3 Å². The number of ether oxygens (including phenoxy) is 1. The van der Waals surface area contributed by atoms with Crippen molar-refractivity contribution in [1.82, 2.24) is 5.16 Å². The van der Waals surface area contributed by atoms with E-state index in [-0.39, 0.29) is 17.2 Å². The maximum absolute atomic E-state index is 13.2. The number of halogens is 1. The molecule has 36 heavy (non-hydrogen) atoms. The summed E-state index contributed by atoms with van der Waals surface area (Å²) in [4.78, 5) is 27.5. The van der Waals surface area contributed by atoms with Gasteiger partial charge < -0.3 is 14.4 Å². The molecule has 1 saturated heterocycles. The summed E-state index contributed by atoms with van der Waals surface area (Å²) in [5, 5.41) is 15.6. The van der Waals surface area contributed by atoms with Gasteiger partial charge in [-0.15, -0.1) is 0 Å². The molecule has 1 N–H and O–H groups in total. The van der Waals surface area contributed by atoms with Crippen molar-refractivity contribution in [3.05, 3.63) is 118 Å². The van der Waals surface area contributed by atoms with Gasteiger partial charge in [0.2, 0.25) is 0 Å². The zero-order chi connectivity index (χ0) is 25.2. The summed E-state index contributed by atoms with van der Waals surface area (Å²) < 4.78 is 11.0. The lowest BCUT2D eigenvalue weighted by Crippen LogP contribution is -2.29. The number of anilines is 1. The minimum Gasteiger partial charge on any atom is -0.507 e. The summed E-state index contributed by atoms with van der Waals surface area (Å²) >= 11 is 5.98. The van der Waals surface area contributed by atoms with Gasteiger partial charge in [0, 0.05) is 16.7 Å². The van der Waals surface area contributed by atoms with Crippen LogP contribution in [0.25, 0.3) is 5.76 Å². The predicted molar refractivity (Wildman–Crippen MR) is 135 cm³/mol. The van der Waals surface area contributed by atoms with Crippen LogP contribution in [-0.2, 0) is 16.2 Å². The van der Waals surface area contributed by atoms with Crippen molar-refractivity contribution >= 4 is 34.9 Å². The van der Waals surface area contributed by atoms with E-state index in [9.17, 15) is 14.7 Å². The van der Waals surface area contributed by atoms with Crippen molar-refractivity contribution in [1.29, 1.82) is 0 Å². The smallest absolute Gasteiger partial charge is 0.301 e. The average Bonchev–Trinajstić information content (AvgIpc) is 3.44. The van der Waals surface area contributed by atoms with Crippen LogP contribution >= 0.6 is 11.6 Å². The van der Waals surface area contributed by atoms with E-state index < -0.39 is 17.7 Å². The van der Waals surface area contributed by atoms with E-state index in [1.54, 1.807) is 61.5 Å². The van der Waals surface area contributed by atoms with Gasteiger partial charge in [-0.25, -0.2) is 0 Å². The Kier molecular flexibility index (Phi) is 6.31. The molecule has 0 spiro atoms. The largest absolute Gasteiger partial charge is 0.507 e. The molecule has 0 saturated carbocycles. The molecule has 1 amide bonds. The summed E-state index contributed by atoms with van der Waals surface area (Å²) in [7, 11) is 0. The minimum absolute atomic E-state index is 0.0547. The maximum Gasteiger partial charge on any atom is 0.301 e. The second-order valence-electron chi connectivity index (χ2n) is 8.32. The molecule has 1 aliphatic heterocycles. The van der Waals surface area contributed by atoms with Gasteiger partial charge in [-0.2, -0.15) is 0 Å². The molecule has 0 radical (unpaired) electrons. The number of nitrogens with zero attached hydrogens (tertiary/aromatic N) is 2. The number of carbonyl (C=O) groups is 2. The molecule has 7 nitrogen and oxygen atoms in total. The number of aliphatic hydroxyl groups is 1. The van der Waals surface area contributed by atoms with Crippen molar-refractivity contribution in [2.45, 2.75) is 19.6 Å². The van der Waals surface area contributed by atoms with Crippen molar-refractivity contribution in [3.63, 3.8) is 0 Å². The normalized spacial score (nSPS) is 16.9. The fourth-order valence-electron chi connectivity index (χ4n) is 4.10.